The van der Waals surface area contributed by atoms with Crippen molar-refractivity contribution in [3.05, 3.63) is 22.8 Å². The Morgan fingerprint density at radius 3 is 2.61 bits per heavy atom. The first-order valence-electron chi connectivity index (χ1n) is 5.94. The largest absolute Gasteiger partial charge is 0.338 e. The van der Waals surface area contributed by atoms with E-state index in [2.05, 4.69) is 24.3 Å². The van der Waals surface area contributed by atoms with Crippen LogP contribution in [-0.4, -0.2) is 28.9 Å². The summed E-state index contributed by atoms with van der Waals surface area (Å²) in [5.74, 6) is 6.65. The number of amides is 1. The number of pyridine rings is 1. The minimum atomic E-state index is -0.0239. The quantitative estimate of drug-likeness (QED) is 0.633. The van der Waals surface area contributed by atoms with E-state index in [-0.39, 0.29) is 5.91 Å². The van der Waals surface area contributed by atoms with Crippen LogP contribution in [0.2, 0.25) is 5.02 Å². The third kappa shape index (κ3) is 2.42. The maximum absolute atomic E-state index is 12.3. The zero-order valence-corrected chi connectivity index (χ0v) is 11.2. The molecule has 2 heterocycles. The van der Waals surface area contributed by atoms with Crippen LogP contribution in [0.25, 0.3) is 0 Å². The monoisotopic (exact) mass is 268 g/mol. The highest BCUT2D eigenvalue weighted by Crippen LogP contribution is 2.25. The molecule has 2 unspecified atom stereocenters. The van der Waals surface area contributed by atoms with Crippen molar-refractivity contribution in [2.45, 2.75) is 13.8 Å². The number of likely N-dealkylation sites (tertiary alicyclic amines) is 1. The Hall–Kier alpha value is -1.33. The molecule has 1 aliphatic heterocycles. The van der Waals surface area contributed by atoms with Gasteiger partial charge in [0.25, 0.3) is 5.91 Å². The molecule has 2 rings (SSSR count). The molecule has 0 saturated carbocycles. The van der Waals surface area contributed by atoms with Crippen LogP contribution in [-0.2, 0) is 0 Å². The number of nitrogens with zero attached hydrogens (tertiary/aromatic N) is 2. The first-order valence-corrected chi connectivity index (χ1v) is 6.32. The topological polar surface area (TPSA) is 71.2 Å². The van der Waals surface area contributed by atoms with Crippen molar-refractivity contribution >= 4 is 23.3 Å². The number of anilines is 1. The average Bonchev–Trinajstić information content (AvgIpc) is 2.68. The van der Waals surface area contributed by atoms with Crippen molar-refractivity contribution in [2.75, 3.05) is 18.5 Å². The van der Waals surface area contributed by atoms with Gasteiger partial charge >= 0.3 is 0 Å². The van der Waals surface area contributed by atoms with E-state index in [1.54, 1.807) is 6.07 Å². The average molecular weight is 269 g/mol. The Labute approximate surface area is 111 Å². The molecule has 5 nitrogen and oxygen atoms in total. The number of hydrogen-bond acceptors (Lipinski definition) is 4. The SMILES string of the molecule is CC1CN(C(=O)c2cnc(NN)c(Cl)c2)CC1C. The Morgan fingerprint density at radius 1 is 1.50 bits per heavy atom. The van der Waals surface area contributed by atoms with E-state index in [0.29, 0.717) is 28.2 Å². The molecule has 1 saturated heterocycles. The van der Waals surface area contributed by atoms with E-state index in [9.17, 15) is 4.79 Å². The van der Waals surface area contributed by atoms with Crippen molar-refractivity contribution in [2.24, 2.45) is 17.7 Å². The van der Waals surface area contributed by atoms with Gasteiger partial charge in [0.2, 0.25) is 0 Å². The Balaban J connectivity index is 2.17. The van der Waals surface area contributed by atoms with Gasteiger partial charge in [0.05, 0.1) is 10.6 Å². The second-order valence-corrected chi connectivity index (χ2v) is 5.27. The fraction of sp³-hybridized carbons (Fsp3) is 0.500. The summed E-state index contributed by atoms with van der Waals surface area (Å²) >= 11 is 5.96. The van der Waals surface area contributed by atoms with Gasteiger partial charge in [0.1, 0.15) is 0 Å². The summed E-state index contributed by atoms with van der Waals surface area (Å²) in [5.41, 5.74) is 2.88. The normalized spacial score (nSPS) is 23.2. The molecule has 0 spiro atoms. The Morgan fingerprint density at radius 2 is 2.11 bits per heavy atom. The molecule has 0 bridgehead atoms. The molecule has 1 aliphatic rings. The van der Waals surface area contributed by atoms with Gasteiger partial charge in [-0.2, -0.15) is 0 Å². The van der Waals surface area contributed by atoms with E-state index < -0.39 is 0 Å². The number of carbonyl (C=O) groups excluding carboxylic acids is 1. The van der Waals surface area contributed by atoms with Gasteiger partial charge in [0, 0.05) is 19.3 Å². The summed E-state index contributed by atoms with van der Waals surface area (Å²) in [4.78, 5) is 18.1. The molecule has 1 amide bonds. The van der Waals surface area contributed by atoms with Gasteiger partial charge in [0.15, 0.2) is 5.82 Å². The maximum atomic E-state index is 12.3. The predicted octanol–water partition coefficient (Wildman–Crippen LogP) is 1.75. The minimum Gasteiger partial charge on any atom is -0.338 e. The second-order valence-electron chi connectivity index (χ2n) is 4.86. The van der Waals surface area contributed by atoms with Crippen molar-refractivity contribution in [3.63, 3.8) is 0 Å². The first kappa shape index (κ1) is 13.1. The van der Waals surface area contributed by atoms with E-state index in [4.69, 9.17) is 17.4 Å². The van der Waals surface area contributed by atoms with Crippen LogP contribution in [0.1, 0.15) is 24.2 Å². The molecule has 1 aromatic heterocycles. The number of nitrogens with two attached hydrogens (primary N) is 1. The van der Waals surface area contributed by atoms with Gasteiger partial charge in [-0.1, -0.05) is 25.4 Å². The number of hydrogen-bond donors (Lipinski definition) is 2. The van der Waals surface area contributed by atoms with Crippen molar-refractivity contribution in [3.8, 4) is 0 Å². The summed E-state index contributed by atoms with van der Waals surface area (Å²) in [6, 6.07) is 1.60. The van der Waals surface area contributed by atoms with Crippen molar-refractivity contribution in [1.82, 2.24) is 9.88 Å². The third-order valence-corrected chi connectivity index (χ3v) is 3.79. The number of halogens is 1. The lowest BCUT2D eigenvalue weighted by atomic mass is 10.0. The number of nitrogen functional groups attached to an aromatic ring is 1. The number of nitrogens with one attached hydrogen (secondary N) is 1. The molecule has 0 radical (unpaired) electrons. The summed E-state index contributed by atoms with van der Waals surface area (Å²) in [5, 5.41) is 0.351. The molecule has 18 heavy (non-hydrogen) atoms. The molecular formula is C12H17ClN4O. The van der Waals surface area contributed by atoms with Crippen LogP contribution in [0.15, 0.2) is 12.3 Å². The summed E-state index contributed by atoms with van der Waals surface area (Å²) < 4.78 is 0. The lowest BCUT2D eigenvalue weighted by Gasteiger charge is -2.16. The zero-order chi connectivity index (χ0) is 13.3. The van der Waals surface area contributed by atoms with E-state index in [1.807, 2.05) is 4.90 Å². The number of carbonyl (C=O) groups is 1. The van der Waals surface area contributed by atoms with Crippen LogP contribution < -0.4 is 11.3 Å². The first-order chi connectivity index (χ1) is 8.52. The van der Waals surface area contributed by atoms with E-state index in [1.165, 1.54) is 6.20 Å². The highest BCUT2D eigenvalue weighted by atomic mass is 35.5. The Bertz CT molecular complexity index is 455. The molecule has 2 atom stereocenters. The lowest BCUT2D eigenvalue weighted by molar-refractivity contribution is 0.0784. The summed E-state index contributed by atoms with van der Waals surface area (Å²) in [7, 11) is 0. The number of rotatable bonds is 2. The molecule has 3 N–H and O–H groups in total. The standard InChI is InChI=1S/C12H17ClN4O/c1-7-5-17(6-8(7)2)12(18)9-3-10(13)11(16-14)15-4-9/h3-4,7-8H,5-6,14H2,1-2H3,(H,15,16). The van der Waals surface area contributed by atoms with Gasteiger partial charge in [-0.3, -0.25) is 4.79 Å². The molecule has 0 aliphatic carbocycles. The molecule has 6 heteroatoms. The summed E-state index contributed by atoms with van der Waals surface area (Å²) in [6.07, 6.45) is 1.50. The summed E-state index contributed by atoms with van der Waals surface area (Å²) in [6.45, 7) is 5.89. The van der Waals surface area contributed by atoms with Gasteiger partial charge in [-0.25, -0.2) is 10.8 Å². The fourth-order valence-corrected chi connectivity index (χ4v) is 2.36. The predicted molar refractivity (Wildman–Crippen MR) is 71.3 cm³/mol. The zero-order valence-electron chi connectivity index (χ0n) is 10.5. The molecule has 0 aromatic carbocycles. The molecule has 1 aromatic rings. The van der Waals surface area contributed by atoms with Crippen LogP contribution in [0.4, 0.5) is 5.82 Å². The van der Waals surface area contributed by atoms with Crippen LogP contribution >= 0.6 is 11.6 Å². The van der Waals surface area contributed by atoms with Gasteiger partial charge < -0.3 is 10.3 Å². The number of hydrazine groups is 1. The maximum Gasteiger partial charge on any atom is 0.255 e. The van der Waals surface area contributed by atoms with Crippen molar-refractivity contribution < 1.29 is 4.79 Å². The lowest BCUT2D eigenvalue weighted by Crippen LogP contribution is -2.29. The second kappa shape index (κ2) is 5.12. The van der Waals surface area contributed by atoms with Gasteiger partial charge in [-0.05, 0) is 17.9 Å². The number of aromatic nitrogens is 1. The highest BCUT2D eigenvalue weighted by Gasteiger charge is 2.30. The fourth-order valence-electron chi connectivity index (χ4n) is 2.14. The molecular weight excluding hydrogens is 252 g/mol. The molecule has 1 fully saturated rings. The smallest absolute Gasteiger partial charge is 0.255 e. The van der Waals surface area contributed by atoms with E-state index >= 15 is 0 Å². The van der Waals surface area contributed by atoms with Crippen LogP contribution in [0.5, 0.6) is 0 Å². The molecule has 98 valence electrons. The van der Waals surface area contributed by atoms with E-state index in [0.717, 1.165) is 13.1 Å². The minimum absolute atomic E-state index is 0.0239. The van der Waals surface area contributed by atoms with Crippen LogP contribution in [0.3, 0.4) is 0 Å². The Kier molecular flexibility index (Phi) is 3.73. The van der Waals surface area contributed by atoms with Crippen molar-refractivity contribution in [1.29, 1.82) is 0 Å². The third-order valence-electron chi connectivity index (χ3n) is 3.50. The van der Waals surface area contributed by atoms with Crippen LogP contribution in [0, 0.1) is 11.8 Å². The highest BCUT2D eigenvalue weighted by molar-refractivity contribution is 6.33. The van der Waals surface area contributed by atoms with Gasteiger partial charge in [-0.15, -0.1) is 0 Å².